The fourth-order valence-corrected chi connectivity index (χ4v) is 2.11. The van der Waals surface area contributed by atoms with Gasteiger partial charge in [0, 0.05) is 13.1 Å². The van der Waals surface area contributed by atoms with Gasteiger partial charge in [0.1, 0.15) is 5.60 Å². The fraction of sp³-hybridized carbons (Fsp3) is 0.846. The second-order valence-corrected chi connectivity index (χ2v) is 5.96. The van der Waals surface area contributed by atoms with Crippen LogP contribution >= 0.6 is 0 Å². The Hall–Kier alpha value is -1.26. The van der Waals surface area contributed by atoms with Crippen molar-refractivity contribution in [3.8, 4) is 0 Å². The average Bonchev–Trinajstić information content (AvgIpc) is 2.25. The molecular formula is C13H23NO4. The standard InChI is InChI=1S/C13H23NO4/c1-9(11(15)16)10-6-5-7-14(8-10)12(17)18-13(2,3)4/h9-10H,5-8H2,1-4H3,(H,15,16). The number of likely N-dealkylation sites (tertiary alicyclic amines) is 1. The molecule has 1 aliphatic rings. The molecule has 0 saturated carbocycles. The first-order valence-corrected chi connectivity index (χ1v) is 6.41. The van der Waals surface area contributed by atoms with E-state index in [4.69, 9.17) is 9.84 Å². The highest BCUT2D eigenvalue weighted by atomic mass is 16.6. The summed E-state index contributed by atoms with van der Waals surface area (Å²) < 4.78 is 5.31. The van der Waals surface area contributed by atoms with Gasteiger partial charge in [-0.25, -0.2) is 4.79 Å². The first-order valence-electron chi connectivity index (χ1n) is 6.41. The van der Waals surface area contributed by atoms with E-state index in [1.807, 2.05) is 20.8 Å². The van der Waals surface area contributed by atoms with Crippen molar-refractivity contribution >= 4 is 12.1 Å². The molecule has 0 aromatic rings. The Kier molecular flexibility index (Phi) is 4.59. The number of aliphatic carboxylic acids is 1. The molecule has 1 fully saturated rings. The monoisotopic (exact) mass is 257 g/mol. The zero-order valence-electron chi connectivity index (χ0n) is 11.6. The van der Waals surface area contributed by atoms with Crippen LogP contribution in [0.5, 0.6) is 0 Å². The van der Waals surface area contributed by atoms with Gasteiger partial charge in [0.25, 0.3) is 0 Å². The van der Waals surface area contributed by atoms with E-state index < -0.39 is 17.5 Å². The number of ether oxygens (including phenoxy) is 1. The third-order valence-corrected chi connectivity index (χ3v) is 3.21. The predicted octanol–water partition coefficient (Wildman–Crippen LogP) is 2.35. The molecule has 1 rings (SSSR count). The number of carbonyl (C=O) groups excluding carboxylic acids is 1. The topological polar surface area (TPSA) is 66.8 Å². The van der Waals surface area contributed by atoms with Gasteiger partial charge in [-0.2, -0.15) is 0 Å². The minimum absolute atomic E-state index is 0.0174. The minimum Gasteiger partial charge on any atom is -0.481 e. The Morgan fingerprint density at radius 2 is 2.00 bits per heavy atom. The lowest BCUT2D eigenvalue weighted by Crippen LogP contribution is -2.45. The van der Waals surface area contributed by atoms with Crippen LogP contribution in [-0.2, 0) is 9.53 Å². The molecule has 2 unspecified atom stereocenters. The first kappa shape index (κ1) is 14.8. The number of nitrogens with zero attached hydrogens (tertiary/aromatic N) is 1. The number of amides is 1. The second kappa shape index (κ2) is 5.59. The van der Waals surface area contributed by atoms with Gasteiger partial charge < -0.3 is 14.7 Å². The molecule has 0 aromatic carbocycles. The summed E-state index contributed by atoms with van der Waals surface area (Å²) in [5.41, 5.74) is -0.511. The molecule has 0 bridgehead atoms. The van der Waals surface area contributed by atoms with Gasteiger partial charge in [-0.15, -0.1) is 0 Å². The second-order valence-electron chi connectivity index (χ2n) is 5.96. The van der Waals surface area contributed by atoms with Crippen molar-refractivity contribution < 1.29 is 19.4 Å². The lowest BCUT2D eigenvalue weighted by atomic mass is 9.87. The van der Waals surface area contributed by atoms with Gasteiger partial charge in [0.2, 0.25) is 0 Å². The van der Waals surface area contributed by atoms with E-state index in [2.05, 4.69) is 0 Å². The number of hydrogen-bond acceptors (Lipinski definition) is 3. The Bertz CT molecular complexity index is 321. The van der Waals surface area contributed by atoms with Crippen LogP contribution in [0, 0.1) is 11.8 Å². The Labute approximate surface area is 108 Å². The lowest BCUT2D eigenvalue weighted by Gasteiger charge is -2.35. The van der Waals surface area contributed by atoms with Crippen LogP contribution in [0.2, 0.25) is 0 Å². The van der Waals surface area contributed by atoms with Gasteiger partial charge in [0.15, 0.2) is 0 Å². The van der Waals surface area contributed by atoms with Crippen molar-refractivity contribution in [3.05, 3.63) is 0 Å². The van der Waals surface area contributed by atoms with E-state index >= 15 is 0 Å². The molecule has 0 radical (unpaired) electrons. The molecule has 1 amide bonds. The highest BCUT2D eigenvalue weighted by Gasteiger charge is 2.32. The molecule has 5 nitrogen and oxygen atoms in total. The molecule has 0 aliphatic carbocycles. The van der Waals surface area contributed by atoms with E-state index in [1.54, 1.807) is 11.8 Å². The third-order valence-electron chi connectivity index (χ3n) is 3.21. The summed E-state index contributed by atoms with van der Waals surface area (Å²) in [5, 5.41) is 9.01. The van der Waals surface area contributed by atoms with Gasteiger partial charge in [-0.1, -0.05) is 6.92 Å². The number of hydrogen-bond donors (Lipinski definition) is 1. The van der Waals surface area contributed by atoms with Crippen molar-refractivity contribution in [3.63, 3.8) is 0 Å². The predicted molar refractivity (Wildman–Crippen MR) is 67.3 cm³/mol. The Balaban J connectivity index is 2.58. The maximum Gasteiger partial charge on any atom is 0.410 e. The van der Waals surface area contributed by atoms with E-state index in [0.29, 0.717) is 13.1 Å². The maximum atomic E-state index is 11.9. The molecule has 18 heavy (non-hydrogen) atoms. The Morgan fingerprint density at radius 1 is 1.39 bits per heavy atom. The SMILES string of the molecule is CC(C(=O)O)C1CCCN(C(=O)OC(C)(C)C)C1. The fourth-order valence-electron chi connectivity index (χ4n) is 2.11. The maximum absolute atomic E-state index is 11.9. The summed E-state index contributed by atoms with van der Waals surface area (Å²) in [6, 6.07) is 0. The summed E-state index contributed by atoms with van der Waals surface area (Å²) in [6.07, 6.45) is 1.35. The van der Waals surface area contributed by atoms with E-state index in [-0.39, 0.29) is 12.0 Å². The molecule has 1 saturated heterocycles. The van der Waals surface area contributed by atoms with E-state index in [0.717, 1.165) is 12.8 Å². The van der Waals surface area contributed by atoms with Crippen molar-refractivity contribution in [1.82, 2.24) is 4.90 Å². The summed E-state index contributed by atoms with van der Waals surface area (Å²) >= 11 is 0. The zero-order valence-corrected chi connectivity index (χ0v) is 11.6. The van der Waals surface area contributed by atoms with Crippen LogP contribution < -0.4 is 0 Å². The van der Waals surface area contributed by atoms with Crippen LogP contribution in [0.25, 0.3) is 0 Å². The van der Waals surface area contributed by atoms with E-state index in [9.17, 15) is 9.59 Å². The molecule has 1 heterocycles. The van der Waals surface area contributed by atoms with Gasteiger partial charge in [0.05, 0.1) is 5.92 Å². The third kappa shape index (κ3) is 4.20. The highest BCUT2D eigenvalue weighted by Crippen LogP contribution is 2.25. The van der Waals surface area contributed by atoms with Crippen molar-refractivity contribution in [2.24, 2.45) is 11.8 Å². The molecule has 0 aromatic heterocycles. The van der Waals surface area contributed by atoms with Crippen LogP contribution in [0.15, 0.2) is 0 Å². The van der Waals surface area contributed by atoms with Crippen LogP contribution in [0.1, 0.15) is 40.5 Å². The van der Waals surface area contributed by atoms with Crippen LogP contribution in [0.4, 0.5) is 4.79 Å². The summed E-state index contributed by atoms with van der Waals surface area (Å²) in [6.45, 7) is 8.30. The highest BCUT2D eigenvalue weighted by molar-refractivity contribution is 5.71. The number of carbonyl (C=O) groups is 2. The van der Waals surface area contributed by atoms with Gasteiger partial charge in [-0.05, 0) is 39.5 Å². The summed E-state index contributed by atoms with van der Waals surface area (Å²) in [7, 11) is 0. The molecule has 104 valence electrons. The molecule has 2 atom stereocenters. The number of rotatable bonds is 2. The minimum atomic E-state index is -0.800. The van der Waals surface area contributed by atoms with Crippen molar-refractivity contribution in [1.29, 1.82) is 0 Å². The van der Waals surface area contributed by atoms with E-state index in [1.165, 1.54) is 0 Å². The quantitative estimate of drug-likeness (QED) is 0.824. The summed E-state index contributed by atoms with van der Waals surface area (Å²) in [5.74, 6) is -1.20. The average molecular weight is 257 g/mol. The first-order chi connectivity index (χ1) is 8.20. The Morgan fingerprint density at radius 3 is 2.50 bits per heavy atom. The number of carboxylic acids is 1. The molecule has 1 aliphatic heterocycles. The summed E-state index contributed by atoms with van der Waals surface area (Å²) in [4.78, 5) is 24.5. The van der Waals surface area contributed by atoms with Gasteiger partial charge in [-0.3, -0.25) is 4.79 Å². The van der Waals surface area contributed by atoms with Gasteiger partial charge >= 0.3 is 12.1 Å². The molecular weight excluding hydrogens is 234 g/mol. The molecule has 0 spiro atoms. The van der Waals surface area contributed by atoms with Crippen LogP contribution in [0.3, 0.4) is 0 Å². The van der Waals surface area contributed by atoms with Crippen LogP contribution in [-0.4, -0.2) is 40.8 Å². The lowest BCUT2D eigenvalue weighted by molar-refractivity contribution is -0.143. The van der Waals surface area contributed by atoms with Crippen molar-refractivity contribution in [2.45, 2.75) is 46.1 Å². The molecule has 1 N–H and O–H groups in total. The molecule has 5 heteroatoms. The largest absolute Gasteiger partial charge is 0.481 e. The smallest absolute Gasteiger partial charge is 0.410 e. The number of carboxylic acid groups (broad SMARTS) is 1. The number of piperidine rings is 1. The van der Waals surface area contributed by atoms with Crippen molar-refractivity contribution in [2.75, 3.05) is 13.1 Å². The zero-order chi connectivity index (χ0) is 13.9. The normalized spacial score (nSPS) is 22.4.